The quantitative estimate of drug-likeness (QED) is 0.834. The average molecular weight is 292 g/mol. The third kappa shape index (κ3) is 2.65. The third-order valence-corrected chi connectivity index (χ3v) is 3.88. The van der Waals surface area contributed by atoms with Crippen LogP contribution in [-0.4, -0.2) is 11.2 Å². The second kappa shape index (κ2) is 5.43. The van der Waals surface area contributed by atoms with Gasteiger partial charge in [0.1, 0.15) is 5.82 Å². The van der Waals surface area contributed by atoms with E-state index in [1.165, 1.54) is 6.07 Å². The highest BCUT2D eigenvalue weighted by Crippen LogP contribution is 2.33. The summed E-state index contributed by atoms with van der Waals surface area (Å²) in [6.45, 7) is 0. The van der Waals surface area contributed by atoms with Crippen molar-refractivity contribution in [1.82, 2.24) is 0 Å². The first-order valence-corrected chi connectivity index (χ1v) is 6.99. The number of hydrogen-bond donors (Lipinski definition) is 2. The van der Waals surface area contributed by atoms with E-state index in [2.05, 4.69) is 5.32 Å². The summed E-state index contributed by atoms with van der Waals surface area (Å²) in [5.41, 5.74) is 2.44. The fourth-order valence-electron chi connectivity index (χ4n) is 2.69. The molecule has 0 saturated heterocycles. The van der Waals surface area contributed by atoms with E-state index in [1.807, 2.05) is 12.1 Å². The number of hydrogen-bond acceptors (Lipinski definition) is 2. The van der Waals surface area contributed by atoms with Gasteiger partial charge < -0.3 is 10.4 Å². The van der Waals surface area contributed by atoms with Crippen molar-refractivity contribution in [3.8, 4) is 0 Å². The Hall–Kier alpha value is -1.58. The number of anilines is 1. The Morgan fingerprint density at radius 3 is 2.80 bits per heavy atom. The molecule has 2 N–H and O–H groups in total. The van der Waals surface area contributed by atoms with Crippen molar-refractivity contribution in [3.05, 3.63) is 64.4 Å². The smallest absolute Gasteiger partial charge is 0.128 e. The monoisotopic (exact) mass is 291 g/mol. The fourth-order valence-corrected chi connectivity index (χ4v) is 2.88. The van der Waals surface area contributed by atoms with Gasteiger partial charge in [-0.3, -0.25) is 0 Å². The predicted octanol–water partition coefficient (Wildman–Crippen LogP) is 3.94. The molecule has 3 rings (SSSR count). The van der Waals surface area contributed by atoms with Crippen LogP contribution in [-0.2, 0) is 6.42 Å². The molecular weight excluding hydrogens is 277 g/mol. The van der Waals surface area contributed by atoms with Crippen LogP contribution in [0.1, 0.15) is 23.6 Å². The number of rotatable bonds is 1. The SMILES string of the molecule is O[C@@H]1Cc2cc(Cl)ccc2N[C@H](c2ccccc2F)C1. The molecule has 4 heteroatoms. The van der Waals surface area contributed by atoms with Crippen LogP contribution in [0.3, 0.4) is 0 Å². The van der Waals surface area contributed by atoms with Crippen LogP contribution < -0.4 is 5.32 Å². The molecule has 1 aliphatic heterocycles. The van der Waals surface area contributed by atoms with Gasteiger partial charge in [0.05, 0.1) is 12.1 Å². The Morgan fingerprint density at radius 1 is 1.20 bits per heavy atom. The number of nitrogens with one attached hydrogen (secondary N) is 1. The molecular formula is C16H15ClFNO. The van der Waals surface area contributed by atoms with E-state index in [0.29, 0.717) is 23.4 Å². The summed E-state index contributed by atoms with van der Waals surface area (Å²) in [6, 6.07) is 11.9. The lowest BCUT2D eigenvalue weighted by Gasteiger charge is -2.20. The van der Waals surface area contributed by atoms with Gasteiger partial charge in [-0.1, -0.05) is 29.8 Å². The Kier molecular flexibility index (Phi) is 3.64. The van der Waals surface area contributed by atoms with Gasteiger partial charge in [0.2, 0.25) is 0 Å². The molecule has 0 aromatic heterocycles. The van der Waals surface area contributed by atoms with Crippen molar-refractivity contribution in [1.29, 1.82) is 0 Å². The molecule has 0 aliphatic carbocycles. The summed E-state index contributed by atoms with van der Waals surface area (Å²) in [5, 5.41) is 14.1. The number of fused-ring (bicyclic) bond motifs is 1. The lowest BCUT2D eigenvalue weighted by Crippen LogP contribution is -2.17. The molecule has 0 fully saturated rings. The lowest BCUT2D eigenvalue weighted by atomic mass is 9.99. The average Bonchev–Trinajstić information content (AvgIpc) is 2.56. The Morgan fingerprint density at radius 2 is 2.00 bits per heavy atom. The van der Waals surface area contributed by atoms with Gasteiger partial charge in [0, 0.05) is 22.7 Å². The fraction of sp³-hybridized carbons (Fsp3) is 0.250. The van der Waals surface area contributed by atoms with Crippen molar-refractivity contribution in [2.24, 2.45) is 0 Å². The number of aliphatic hydroxyl groups excluding tert-OH is 1. The molecule has 20 heavy (non-hydrogen) atoms. The maximum atomic E-state index is 13.9. The minimum absolute atomic E-state index is 0.242. The number of benzene rings is 2. The highest BCUT2D eigenvalue weighted by Gasteiger charge is 2.24. The molecule has 0 bridgehead atoms. The largest absolute Gasteiger partial charge is 0.393 e. The van der Waals surface area contributed by atoms with Crippen molar-refractivity contribution in [3.63, 3.8) is 0 Å². The van der Waals surface area contributed by atoms with Gasteiger partial charge in [0.15, 0.2) is 0 Å². The van der Waals surface area contributed by atoms with Crippen LogP contribution in [0.5, 0.6) is 0 Å². The Labute approximate surface area is 122 Å². The third-order valence-electron chi connectivity index (χ3n) is 3.64. The molecule has 1 aliphatic rings. The molecule has 0 saturated carbocycles. The van der Waals surface area contributed by atoms with Gasteiger partial charge in [-0.05, 0) is 36.2 Å². The standard InChI is InChI=1S/C16H15ClFNO/c17-11-5-6-15-10(7-11)8-12(20)9-16(19-15)13-3-1-2-4-14(13)18/h1-7,12,16,19-20H,8-9H2/t12-,16+/m1/s1. The highest BCUT2D eigenvalue weighted by atomic mass is 35.5. The molecule has 0 radical (unpaired) electrons. The zero-order valence-corrected chi connectivity index (χ0v) is 11.6. The summed E-state index contributed by atoms with van der Waals surface area (Å²) >= 11 is 5.99. The lowest BCUT2D eigenvalue weighted by molar-refractivity contribution is 0.160. The van der Waals surface area contributed by atoms with E-state index in [-0.39, 0.29) is 11.9 Å². The van der Waals surface area contributed by atoms with Crippen LogP contribution in [0.2, 0.25) is 5.02 Å². The minimum Gasteiger partial charge on any atom is -0.393 e. The molecule has 2 aromatic carbocycles. The minimum atomic E-state index is -0.521. The summed E-state index contributed by atoms with van der Waals surface area (Å²) in [4.78, 5) is 0. The molecule has 2 aromatic rings. The molecule has 0 spiro atoms. The van der Waals surface area contributed by atoms with E-state index < -0.39 is 6.10 Å². The summed E-state index contributed by atoms with van der Waals surface area (Å²) in [6.07, 6.45) is 0.466. The summed E-state index contributed by atoms with van der Waals surface area (Å²) < 4.78 is 13.9. The van der Waals surface area contributed by atoms with E-state index in [0.717, 1.165) is 11.3 Å². The number of halogens is 2. The van der Waals surface area contributed by atoms with Gasteiger partial charge in [-0.25, -0.2) is 4.39 Å². The first-order chi connectivity index (χ1) is 9.63. The van der Waals surface area contributed by atoms with Crippen molar-refractivity contribution < 1.29 is 9.50 Å². The molecule has 1 heterocycles. The molecule has 0 amide bonds. The second-order valence-corrected chi connectivity index (χ2v) is 5.55. The normalized spacial score (nSPS) is 21.8. The van der Waals surface area contributed by atoms with Gasteiger partial charge in [-0.15, -0.1) is 0 Å². The van der Waals surface area contributed by atoms with E-state index in [9.17, 15) is 9.50 Å². The van der Waals surface area contributed by atoms with Crippen molar-refractivity contribution >= 4 is 17.3 Å². The molecule has 2 nitrogen and oxygen atoms in total. The first-order valence-electron chi connectivity index (χ1n) is 6.61. The van der Waals surface area contributed by atoms with Gasteiger partial charge in [-0.2, -0.15) is 0 Å². The van der Waals surface area contributed by atoms with Crippen molar-refractivity contribution in [2.45, 2.75) is 25.0 Å². The molecule has 104 valence electrons. The van der Waals surface area contributed by atoms with Crippen LogP contribution in [0.25, 0.3) is 0 Å². The Balaban J connectivity index is 1.99. The number of aliphatic hydroxyl groups is 1. The molecule has 2 atom stereocenters. The summed E-state index contributed by atoms with van der Waals surface area (Å²) in [5.74, 6) is -0.255. The van der Waals surface area contributed by atoms with Crippen LogP contribution in [0.4, 0.5) is 10.1 Å². The summed E-state index contributed by atoms with van der Waals surface area (Å²) in [7, 11) is 0. The second-order valence-electron chi connectivity index (χ2n) is 5.11. The Bertz CT molecular complexity index is 632. The topological polar surface area (TPSA) is 32.3 Å². The van der Waals surface area contributed by atoms with E-state index in [4.69, 9.17) is 11.6 Å². The zero-order chi connectivity index (χ0) is 14.1. The van der Waals surface area contributed by atoms with Crippen LogP contribution in [0.15, 0.2) is 42.5 Å². The maximum absolute atomic E-state index is 13.9. The van der Waals surface area contributed by atoms with Gasteiger partial charge in [0.25, 0.3) is 0 Å². The van der Waals surface area contributed by atoms with E-state index >= 15 is 0 Å². The first kappa shape index (κ1) is 13.4. The van der Waals surface area contributed by atoms with Gasteiger partial charge >= 0.3 is 0 Å². The maximum Gasteiger partial charge on any atom is 0.128 e. The highest BCUT2D eigenvalue weighted by molar-refractivity contribution is 6.30. The van der Waals surface area contributed by atoms with Crippen molar-refractivity contribution in [2.75, 3.05) is 5.32 Å². The molecule has 0 unspecified atom stereocenters. The zero-order valence-electron chi connectivity index (χ0n) is 10.8. The van der Waals surface area contributed by atoms with Crippen LogP contribution >= 0.6 is 11.6 Å². The predicted molar refractivity (Wildman–Crippen MR) is 78.5 cm³/mol. The van der Waals surface area contributed by atoms with Crippen LogP contribution in [0, 0.1) is 5.82 Å². The van der Waals surface area contributed by atoms with E-state index in [1.54, 1.807) is 24.3 Å².